The molecule has 1 amide bonds. The zero-order valence-corrected chi connectivity index (χ0v) is 13.7. The highest BCUT2D eigenvalue weighted by molar-refractivity contribution is 5.84. The molecule has 3 N–H and O–H groups in total. The van der Waals surface area contributed by atoms with Crippen LogP contribution < -0.4 is 11.1 Å². The van der Waals surface area contributed by atoms with E-state index < -0.39 is 5.54 Å². The van der Waals surface area contributed by atoms with Gasteiger partial charge in [0.15, 0.2) is 0 Å². The van der Waals surface area contributed by atoms with Crippen LogP contribution in [-0.4, -0.2) is 42.5 Å². The van der Waals surface area contributed by atoms with E-state index in [0.29, 0.717) is 0 Å². The van der Waals surface area contributed by atoms with Crippen molar-refractivity contribution in [3.05, 3.63) is 0 Å². The molecule has 0 aromatic heterocycles. The summed E-state index contributed by atoms with van der Waals surface area (Å²) in [7, 11) is 0. The average Bonchev–Trinajstić information content (AvgIpc) is 2.62. The third-order valence-corrected chi connectivity index (χ3v) is 4.85. The topological polar surface area (TPSA) is 58.4 Å². The van der Waals surface area contributed by atoms with E-state index >= 15 is 0 Å². The van der Waals surface area contributed by atoms with Crippen molar-refractivity contribution < 1.29 is 4.79 Å². The Labute approximate surface area is 124 Å². The van der Waals surface area contributed by atoms with Gasteiger partial charge in [0.05, 0.1) is 5.54 Å². The number of carbonyl (C=O) groups is 1. The van der Waals surface area contributed by atoms with E-state index in [1.165, 1.54) is 19.3 Å². The second-order valence-corrected chi connectivity index (χ2v) is 6.75. The normalized spacial score (nSPS) is 24.4. The second-order valence-electron chi connectivity index (χ2n) is 6.75. The Balaban J connectivity index is 2.46. The third kappa shape index (κ3) is 5.06. The maximum Gasteiger partial charge on any atom is 0.237 e. The highest BCUT2D eigenvalue weighted by atomic mass is 16.1. The van der Waals surface area contributed by atoms with Crippen LogP contribution >= 0.6 is 0 Å². The smallest absolute Gasteiger partial charge is 0.237 e. The molecule has 0 aromatic rings. The Bertz CT molecular complexity index is 306. The van der Waals surface area contributed by atoms with Gasteiger partial charge in [-0.2, -0.15) is 0 Å². The van der Waals surface area contributed by atoms with Gasteiger partial charge >= 0.3 is 0 Å². The third-order valence-electron chi connectivity index (χ3n) is 4.85. The number of primary amides is 1. The van der Waals surface area contributed by atoms with E-state index in [9.17, 15) is 4.79 Å². The molecule has 1 rings (SSSR count). The van der Waals surface area contributed by atoms with Gasteiger partial charge in [0.1, 0.15) is 0 Å². The molecule has 4 nitrogen and oxygen atoms in total. The molecule has 0 radical (unpaired) electrons. The summed E-state index contributed by atoms with van der Waals surface area (Å²) in [5.41, 5.74) is 4.97. The first-order valence-electron chi connectivity index (χ1n) is 8.16. The van der Waals surface area contributed by atoms with Crippen molar-refractivity contribution in [1.82, 2.24) is 10.2 Å². The van der Waals surface area contributed by atoms with E-state index in [1.807, 2.05) is 13.8 Å². The summed E-state index contributed by atoms with van der Waals surface area (Å²) < 4.78 is 0. The van der Waals surface area contributed by atoms with Gasteiger partial charge in [0.25, 0.3) is 0 Å². The average molecular weight is 283 g/mol. The second kappa shape index (κ2) is 7.99. The Morgan fingerprint density at radius 1 is 1.40 bits per heavy atom. The van der Waals surface area contributed by atoms with Crippen molar-refractivity contribution >= 4 is 5.91 Å². The molecule has 1 heterocycles. The fourth-order valence-corrected chi connectivity index (χ4v) is 3.14. The summed E-state index contributed by atoms with van der Waals surface area (Å²) in [5.74, 6) is 1.40. The number of likely N-dealkylation sites (tertiary alicyclic amines) is 1. The molecule has 118 valence electrons. The molecule has 2 unspecified atom stereocenters. The van der Waals surface area contributed by atoms with Gasteiger partial charge in [-0.05, 0) is 64.1 Å². The fourth-order valence-electron chi connectivity index (χ4n) is 3.14. The largest absolute Gasteiger partial charge is 0.368 e. The summed E-state index contributed by atoms with van der Waals surface area (Å²) >= 11 is 0. The van der Waals surface area contributed by atoms with Gasteiger partial charge < -0.3 is 16.0 Å². The highest BCUT2D eigenvalue weighted by Gasteiger charge is 2.30. The molecule has 4 heteroatoms. The SMILES string of the molecule is CCNC(C)(CCN1CCCC(C(C)C)CC1)C(N)=O. The van der Waals surface area contributed by atoms with Crippen molar-refractivity contribution in [2.75, 3.05) is 26.2 Å². The number of nitrogens with two attached hydrogens (primary N) is 1. The predicted molar refractivity (Wildman–Crippen MR) is 84.5 cm³/mol. The number of rotatable bonds is 7. The maximum absolute atomic E-state index is 11.6. The molecule has 0 spiro atoms. The van der Waals surface area contributed by atoms with E-state index in [4.69, 9.17) is 5.73 Å². The monoisotopic (exact) mass is 283 g/mol. The summed E-state index contributed by atoms with van der Waals surface area (Å²) in [4.78, 5) is 14.1. The van der Waals surface area contributed by atoms with Crippen LogP contribution in [0.4, 0.5) is 0 Å². The summed E-state index contributed by atoms with van der Waals surface area (Å²) in [5, 5.41) is 3.24. The number of hydrogen-bond acceptors (Lipinski definition) is 3. The molecule has 1 aliphatic heterocycles. The minimum atomic E-state index is -0.571. The van der Waals surface area contributed by atoms with Crippen LogP contribution in [0.15, 0.2) is 0 Å². The molecule has 1 fully saturated rings. The lowest BCUT2D eigenvalue weighted by molar-refractivity contribution is -0.124. The minimum Gasteiger partial charge on any atom is -0.368 e. The van der Waals surface area contributed by atoms with Gasteiger partial charge in [0, 0.05) is 6.54 Å². The van der Waals surface area contributed by atoms with Crippen molar-refractivity contribution in [2.45, 2.75) is 58.9 Å². The van der Waals surface area contributed by atoms with Crippen molar-refractivity contribution in [3.8, 4) is 0 Å². The van der Waals surface area contributed by atoms with Crippen LogP contribution in [0.3, 0.4) is 0 Å². The van der Waals surface area contributed by atoms with Crippen LogP contribution in [0.5, 0.6) is 0 Å². The molecular formula is C16H33N3O. The van der Waals surface area contributed by atoms with E-state index in [-0.39, 0.29) is 5.91 Å². The number of nitrogens with one attached hydrogen (secondary N) is 1. The van der Waals surface area contributed by atoms with Crippen LogP contribution in [-0.2, 0) is 4.79 Å². The van der Waals surface area contributed by atoms with E-state index in [2.05, 4.69) is 24.1 Å². The van der Waals surface area contributed by atoms with Crippen LogP contribution in [0.25, 0.3) is 0 Å². The van der Waals surface area contributed by atoms with Gasteiger partial charge in [-0.25, -0.2) is 0 Å². The van der Waals surface area contributed by atoms with Gasteiger partial charge in [0.2, 0.25) is 5.91 Å². The lowest BCUT2D eigenvalue weighted by Gasteiger charge is -2.30. The summed E-state index contributed by atoms with van der Waals surface area (Å²) in [6.07, 6.45) is 4.69. The lowest BCUT2D eigenvalue weighted by atomic mass is 9.89. The number of amides is 1. The van der Waals surface area contributed by atoms with Crippen LogP contribution in [0.1, 0.15) is 53.4 Å². The first-order chi connectivity index (χ1) is 9.39. The first kappa shape index (κ1) is 17.4. The quantitative estimate of drug-likeness (QED) is 0.751. The number of hydrogen-bond donors (Lipinski definition) is 2. The van der Waals surface area contributed by atoms with Crippen molar-refractivity contribution in [3.63, 3.8) is 0 Å². The van der Waals surface area contributed by atoms with Gasteiger partial charge in [-0.1, -0.05) is 20.8 Å². The Hall–Kier alpha value is -0.610. The van der Waals surface area contributed by atoms with Crippen molar-refractivity contribution in [1.29, 1.82) is 0 Å². The molecule has 2 atom stereocenters. The molecular weight excluding hydrogens is 250 g/mol. The maximum atomic E-state index is 11.6. The summed E-state index contributed by atoms with van der Waals surface area (Å²) in [6, 6.07) is 0. The van der Waals surface area contributed by atoms with Crippen LogP contribution in [0.2, 0.25) is 0 Å². The molecule has 1 saturated heterocycles. The molecule has 0 saturated carbocycles. The zero-order chi connectivity index (χ0) is 15.2. The van der Waals surface area contributed by atoms with Crippen LogP contribution in [0, 0.1) is 11.8 Å². The molecule has 1 aliphatic rings. The molecule has 0 bridgehead atoms. The van der Waals surface area contributed by atoms with Crippen molar-refractivity contribution in [2.24, 2.45) is 17.6 Å². The Kier molecular flexibility index (Phi) is 6.96. The number of likely N-dealkylation sites (N-methyl/N-ethyl adjacent to an activating group) is 1. The molecule has 0 aliphatic carbocycles. The fraction of sp³-hybridized carbons (Fsp3) is 0.938. The minimum absolute atomic E-state index is 0.241. The Morgan fingerprint density at radius 3 is 2.65 bits per heavy atom. The summed E-state index contributed by atoms with van der Waals surface area (Å²) in [6.45, 7) is 12.6. The van der Waals surface area contributed by atoms with Gasteiger partial charge in [-0.3, -0.25) is 4.79 Å². The molecule has 0 aromatic carbocycles. The Morgan fingerprint density at radius 2 is 2.10 bits per heavy atom. The standard InChI is InChI=1S/C16H33N3O/c1-5-18-16(4,15(17)20)9-12-19-10-6-7-14(8-11-19)13(2)3/h13-14,18H,5-12H2,1-4H3,(H2,17,20). The molecule has 20 heavy (non-hydrogen) atoms. The number of nitrogens with zero attached hydrogens (tertiary/aromatic N) is 1. The first-order valence-corrected chi connectivity index (χ1v) is 8.16. The van der Waals surface area contributed by atoms with E-state index in [1.54, 1.807) is 0 Å². The zero-order valence-electron chi connectivity index (χ0n) is 13.7. The van der Waals surface area contributed by atoms with E-state index in [0.717, 1.165) is 44.4 Å². The predicted octanol–water partition coefficient (Wildman–Crippen LogP) is 1.99. The highest BCUT2D eigenvalue weighted by Crippen LogP contribution is 2.25. The lowest BCUT2D eigenvalue weighted by Crippen LogP contribution is -2.54. The van der Waals surface area contributed by atoms with Gasteiger partial charge in [-0.15, -0.1) is 0 Å². The number of carbonyl (C=O) groups excluding carboxylic acids is 1.